The van der Waals surface area contributed by atoms with Crippen LogP contribution in [0.2, 0.25) is 0 Å². The SMILES string of the molecule is CCCN(CCC)C(=O)C1CC(C(=O)NC(CC2CCCCC2)C(O)CN(C)NS(=O)(=O)CC2CCCCC2)CC(S(N)(=O)=O)C1. The summed E-state index contributed by atoms with van der Waals surface area (Å²) in [5.74, 6) is -1.46. The summed E-state index contributed by atoms with van der Waals surface area (Å²) in [6.45, 7) is 5.06. The number of hydrogen-bond acceptors (Lipinski definition) is 8. The normalized spacial score (nSPS) is 25.2. The lowest BCUT2D eigenvalue weighted by Gasteiger charge is -2.37. The maximum Gasteiger partial charge on any atom is 0.225 e. The number of nitrogens with two attached hydrogens (primary N) is 1. The summed E-state index contributed by atoms with van der Waals surface area (Å²) in [5.41, 5.74) is 0. The van der Waals surface area contributed by atoms with Gasteiger partial charge in [-0.3, -0.25) is 9.59 Å². The van der Waals surface area contributed by atoms with E-state index in [-0.39, 0.29) is 43.4 Å². The number of sulfonamides is 2. The third kappa shape index (κ3) is 12.6. The van der Waals surface area contributed by atoms with Crippen LogP contribution in [0.5, 0.6) is 0 Å². The van der Waals surface area contributed by atoms with Crippen LogP contribution in [0.25, 0.3) is 0 Å². The van der Waals surface area contributed by atoms with Gasteiger partial charge in [0, 0.05) is 38.5 Å². The molecule has 3 aliphatic rings. The maximum absolute atomic E-state index is 13.8. The molecule has 3 saturated carbocycles. The number of primary sulfonamides is 1. The Morgan fingerprint density at radius 3 is 1.93 bits per heavy atom. The Hall–Kier alpha value is -1.32. The first-order valence-corrected chi connectivity index (χ1v) is 21.0. The second kappa shape index (κ2) is 18.4. The molecular weight excluding hydrogens is 631 g/mol. The van der Waals surface area contributed by atoms with E-state index in [1.165, 1.54) is 5.01 Å². The van der Waals surface area contributed by atoms with E-state index in [9.17, 15) is 31.5 Å². The quantitative estimate of drug-likeness (QED) is 0.168. The minimum absolute atomic E-state index is 0.0170. The maximum atomic E-state index is 13.8. The first kappa shape index (κ1) is 39.1. The number of carbonyl (C=O) groups is 2. The number of hydrazine groups is 1. The van der Waals surface area contributed by atoms with Gasteiger partial charge >= 0.3 is 0 Å². The third-order valence-electron chi connectivity index (χ3n) is 10.2. The van der Waals surface area contributed by atoms with Crippen molar-refractivity contribution in [2.24, 2.45) is 28.8 Å². The lowest BCUT2D eigenvalue weighted by Crippen LogP contribution is -2.54. The number of nitrogens with one attached hydrogen (secondary N) is 2. The first-order valence-electron chi connectivity index (χ1n) is 17.7. The molecule has 46 heavy (non-hydrogen) atoms. The van der Waals surface area contributed by atoms with Crippen molar-refractivity contribution in [2.75, 3.05) is 32.4 Å². The summed E-state index contributed by atoms with van der Waals surface area (Å²) in [7, 11) is -6.01. The van der Waals surface area contributed by atoms with E-state index in [4.69, 9.17) is 5.14 Å². The number of carbonyl (C=O) groups excluding carboxylic acids is 2. The van der Waals surface area contributed by atoms with Crippen molar-refractivity contribution in [3.8, 4) is 0 Å². The van der Waals surface area contributed by atoms with Gasteiger partial charge in [-0.2, -0.15) is 0 Å². The number of aliphatic hydroxyl groups excluding tert-OH is 1. The molecule has 2 amide bonds. The molecule has 12 nitrogen and oxygen atoms in total. The van der Waals surface area contributed by atoms with Crippen LogP contribution in [0.4, 0.5) is 0 Å². The van der Waals surface area contributed by atoms with Gasteiger partial charge < -0.3 is 15.3 Å². The standard InChI is InChI=1S/C32H61N5O7S2/c1-4-16-37(17-5-2)32(40)27-19-26(20-28(21-27)46(33,43)44)31(39)34-29(18-24-12-8-6-9-13-24)30(38)22-36(3)35-45(41,42)23-25-14-10-7-11-15-25/h24-30,35,38H,4-23H2,1-3H3,(H,34,39)(H2,33,43,44). The molecule has 3 aliphatic carbocycles. The molecule has 14 heteroatoms. The Balaban J connectivity index is 1.73. The molecule has 0 aromatic carbocycles. The monoisotopic (exact) mass is 691 g/mol. The van der Waals surface area contributed by atoms with Crippen molar-refractivity contribution < 1.29 is 31.5 Å². The predicted molar refractivity (Wildman–Crippen MR) is 180 cm³/mol. The number of aliphatic hydroxyl groups is 1. The molecule has 0 bridgehead atoms. The van der Waals surface area contributed by atoms with Crippen LogP contribution < -0.4 is 15.3 Å². The molecule has 5 N–H and O–H groups in total. The zero-order valence-electron chi connectivity index (χ0n) is 28.4. The lowest BCUT2D eigenvalue weighted by molar-refractivity contribution is -0.138. The molecule has 0 spiro atoms. The van der Waals surface area contributed by atoms with Crippen molar-refractivity contribution in [2.45, 2.75) is 134 Å². The Morgan fingerprint density at radius 1 is 0.848 bits per heavy atom. The molecule has 3 fully saturated rings. The van der Waals surface area contributed by atoms with E-state index in [1.807, 2.05) is 13.8 Å². The molecule has 0 saturated heterocycles. The largest absolute Gasteiger partial charge is 0.390 e. The van der Waals surface area contributed by atoms with Crippen molar-refractivity contribution in [1.82, 2.24) is 20.1 Å². The highest BCUT2D eigenvalue weighted by atomic mass is 32.2. The second-order valence-electron chi connectivity index (χ2n) is 14.3. The average molecular weight is 692 g/mol. The summed E-state index contributed by atoms with van der Waals surface area (Å²) < 4.78 is 50.8. The highest BCUT2D eigenvalue weighted by Crippen LogP contribution is 2.35. The van der Waals surface area contributed by atoms with Crippen LogP contribution in [0, 0.1) is 23.7 Å². The Labute approximate surface area is 278 Å². The Kier molecular flexibility index (Phi) is 15.7. The summed E-state index contributed by atoms with van der Waals surface area (Å²) in [4.78, 5) is 31.7. The van der Waals surface area contributed by atoms with Crippen molar-refractivity contribution in [1.29, 1.82) is 0 Å². The van der Waals surface area contributed by atoms with Crippen LogP contribution in [0.3, 0.4) is 0 Å². The molecule has 5 unspecified atom stereocenters. The van der Waals surface area contributed by atoms with E-state index < -0.39 is 55.2 Å². The highest BCUT2D eigenvalue weighted by molar-refractivity contribution is 7.89. The fraction of sp³-hybridized carbons (Fsp3) is 0.938. The number of nitrogens with zero attached hydrogens (tertiary/aromatic N) is 2. The summed E-state index contributed by atoms with van der Waals surface area (Å²) in [6, 6.07) is -0.665. The minimum atomic E-state index is -3.99. The fourth-order valence-electron chi connectivity index (χ4n) is 7.86. The smallest absolute Gasteiger partial charge is 0.225 e. The van der Waals surface area contributed by atoms with Crippen LogP contribution in [-0.2, 0) is 29.6 Å². The molecule has 0 heterocycles. The first-order chi connectivity index (χ1) is 21.7. The van der Waals surface area contributed by atoms with Crippen molar-refractivity contribution in [3.63, 3.8) is 0 Å². The van der Waals surface area contributed by atoms with Gasteiger partial charge in [0.25, 0.3) is 0 Å². The molecule has 0 aliphatic heterocycles. The zero-order valence-corrected chi connectivity index (χ0v) is 30.0. The van der Waals surface area contributed by atoms with E-state index in [1.54, 1.807) is 11.9 Å². The van der Waals surface area contributed by atoms with E-state index >= 15 is 0 Å². The van der Waals surface area contributed by atoms with Gasteiger partial charge in [-0.05, 0) is 63.2 Å². The van der Waals surface area contributed by atoms with Crippen molar-refractivity contribution in [3.05, 3.63) is 0 Å². The third-order valence-corrected chi connectivity index (χ3v) is 13.0. The average Bonchev–Trinajstić information content (AvgIpc) is 3.00. The van der Waals surface area contributed by atoms with Crippen LogP contribution in [-0.4, -0.2) is 93.5 Å². The molecule has 0 aromatic rings. The van der Waals surface area contributed by atoms with Gasteiger partial charge in [0.1, 0.15) is 0 Å². The zero-order chi connectivity index (χ0) is 33.9. The van der Waals surface area contributed by atoms with E-state index in [0.717, 1.165) is 77.0 Å². The number of amides is 2. The van der Waals surface area contributed by atoms with Gasteiger partial charge in [-0.1, -0.05) is 65.2 Å². The molecule has 0 radical (unpaired) electrons. The van der Waals surface area contributed by atoms with Crippen LogP contribution in [0.15, 0.2) is 0 Å². The molecule has 5 atom stereocenters. The molecular formula is C32H61N5O7S2. The number of hydrogen-bond donors (Lipinski definition) is 4. The summed E-state index contributed by atoms with van der Waals surface area (Å²) in [6.07, 6.45) is 11.6. The molecule has 268 valence electrons. The van der Waals surface area contributed by atoms with E-state index in [2.05, 4.69) is 10.1 Å². The molecule has 3 rings (SSSR count). The van der Waals surface area contributed by atoms with Crippen LogP contribution in [0.1, 0.15) is 117 Å². The second-order valence-corrected chi connectivity index (χ2v) is 17.9. The van der Waals surface area contributed by atoms with Crippen LogP contribution >= 0.6 is 0 Å². The lowest BCUT2D eigenvalue weighted by atomic mass is 9.79. The van der Waals surface area contributed by atoms with Gasteiger partial charge in [0.15, 0.2) is 0 Å². The summed E-state index contributed by atoms with van der Waals surface area (Å²) in [5, 5.41) is 20.4. The minimum Gasteiger partial charge on any atom is -0.390 e. The van der Waals surface area contributed by atoms with Gasteiger partial charge in [-0.25, -0.2) is 27.0 Å². The van der Waals surface area contributed by atoms with Crippen molar-refractivity contribution >= 4 is 31.9 Å². The molecule has 0 aromatic heterocycles. The van der Waals surface area contributed by atoms with Gasteiger partial charge in [0.2, 0.25) is 31.9 Å². The predicted octanol–water partition coefficient (Wildman–Crippen LogP) is 2.87. The van der Waals surface area contributed by atoms with E-state index in [0.29, 0.717) is 25.4 Å². The van der Waals surface area contributed by atoms with Gasteiger partial charge in [-0.15, -0.1) is 4.83 Å². The topological polar surface area (TPSA) is 179 Å². The highest BCUT2D eigenvalue weighted by Gasteiger charge is 2.42. The van der Waals surface area contributed by atoms with Gasteiger partial charge in [0.05, 0.1) is 23.1 Å². The Bertz CT molecular complexity index is 1170. The Morgan fingerprint density at radius 2 is 1.39 bits per heavy atom. The number of rotatable bonds is 17. The fourth-order valence-corrected chi connectivity index (χ4v) is 10.4. The number of likely N-dealkylation sites (N-methyl/N-ethyl adjacent to an activating group) is 1. The summed E-state index contributed by atoms with van der Waals surface area (Å²) >= 11 is 0.